The molecule has 1 aromatic carbocycles. The molecule has 0 bridgehead atoms. The van der Waals surface area contributed by atoms with Crippen molar-refractivity contribution < 1.29 is 4.39 Å². The van der Waals surface area contributed by atoms with Crippen molar-refractivity contribution in [3.8, 4) is 11.3 Å². The molecule has 0 spiro atoms. The van der Waals surface area contributed by atoms with Crippen LogP contribution in [0.3, 0.4) is 0 Å². The molecule has 0 fully saturated rings. The van der Waals surface area contributed by atoms with Gasteiger partial charge in [-0.15, -0.1) is 11.3 Å². The van der Waals surface area contributed by atoms with Crippen LogP contribution < -0.4 is 5.32 Å². The zero-order valence-electron chi connectivity index (χ0n) is 10.1. The van der Waals surface area contributed by atoms with Gasteiger partial charge in [0.25, 0.3) is 0 Å². The Hall–Kier alpha value is -1.26. The topological polar surface area (TPSA) is 24.9 Å². The number of halogens is 1. The summed E-state index contributed by atoms with van der Waals surface area (Å²) in [6, 6.07) is 6.41. The normalized spacial score (nSPS) is 11.8. The summed E-state index contributed by atoms with van der Waals surface area (Å²) in [6.45, 7) is 4.17. The van der Waals surface area contributed by atoms with Gasteiger partial charge in [0.1, 0.15) is 10.8 Å². The van der Waals surface area contributed by atoms with Crippen molar-refractivity contribution in [1.82, 2.24) is 10.3 Å². The molecule has 1 N–H and O–H groups in total. The molecule has 17 heavy (non-hydrogen) atoms. The third-order valence-electron chi connectivity index (χ3n) is 2.80. The summed E-state index contributed by atoms with van der Waals surface area (Å²) >= 11 is 1.61. The van der Waals surface area contributed by atoms with Gasteiger partial charge in [-0.2, -0.15) is 0 Å². The van der Waals surface area contributed by atoms with E-state index in [9.17, 15) is 4.39 Å². The fourth-order valence-electron chi connectivity index (χ4n) is 1.42. The minimum atomic E-state index is -0.222. The lowest BCUT2D eigenvalue weighted by Crippen LogP contribution is -2.32. The van der Waals surface area contributed by atoms with Gasteiger partial charge in [0.2, 0.25) is 0 Å². The van der Waals surface area contributed by atoms with E-state index >= 15 is 0 Å². The van der Waals surface area contributed by atoms with Gasteiger partial charge in [-0.05, 0) is 45.2 Å². The van der Waals surface area contributed by atoms with Crippen LogP contribution in [0.5, 0.6) is 0 Å². The highest BCUT2D eigenvalue weighted by molar-refractivity contribution is 7.10. The second-order valence-electron chi connectivity index (χ2n) is 4.42. The van der Waals surface area contributed by atoms with Crippen molar-refractivity contribution in [2.24, 2.45) is 0 Å². The number of aromatic nitrogens is 1. The van der Waals surface area contributed by atoms with Crippen LogP contribution in [0.1, 0.15) is 18.9 Å². The lowest BCUT2D eigenvalue weighted by molar-refractivity contribution is 0.442. The van der Waals surface area contributed by atoms with Gasteiger partial charge in [-0.3, -0.25) is 0 Å². The summed E-state index contributed by atoms with van der Waals surface area (Å²) in [7, 11) is 1.92. The standard InChI is InChI=1S/C13H15FN2S/c1-13(2,15-3)12-16-11(8-17-12)9-4-6-10(14)7-5-9/h4-8,15H,1-3H3. The third kappa shape index (κ3) is 2.53. The van der Waals surface area contributed by atoms with E-state index in [2.05, 4.69) is 24.1 Å². The van der Waals surface area contributed by atoms with E-state index in [1.807, 2.05) is 12.4 Å². The molecule has 0 saturated heterocycles. The van der Waals surface area contributed by atoms with Gasteiger partial charge in [-0.25, -0.2) is 9.37 Å². The van der Waals surface area contributed by atoms with Crippen molar-refractivity contribution >= 4 is 11.3 Å². The second-order valence-corrected chi connectivity index (χ2v) is 5.28. The lowest BCUT2D eigenvalue weighted by Gasteiger charge is -2.20. The zero-order valence-corrected chi connectivity index (χ0v) is 10.9. The molecule has 1 aromatic heterocycles. The van der Waals surface area contributed by atoms with Crippen molar-refractivity contribution in [1.29, 1.82) is 0 Å². The summed E-state index contributed by atoms with van der Waals surface area (Å²) in [6.07, 6.45) is 0. The minimum Gasteiger partial charge on any atom is -0.309 e. The zero-order chi connectivity index (χ0) is 12.5. The van der Waals surface area contributed by atoms with Gasteiger partial charge >= 0.3 is 0 Å². The lowest BCUT2D eigenvalue weighted by atomic mass is 10.1. The van der Waals surface area contributed by atoms with Gasteiger partial charge in [0.15, 0.2) is 0 Å². The van der Waals surface area contributed by atoms with Crippen LogP contribution in [0.2, 0.25) is 0 Å². The fraction of sp³-hybridized carbons (Fsp3) is 0.308. The fourth-order valence-corrected chi connectivity index (χ4v) is 2.38. The van der Waals surface area contributed by atoms with E-state index in [-0.39, 0.29) is 11.4 Å². The van der Waals surface area contributed by atoms with Gasteiger partial charge in [0.05, 0.1) is 11.2 Å². The third-order valence-corrected chi connectivity index (χ3v) is 3.97. The van der Waals surface area contributed by atoms with Crippen LogP contribution in [-0.4, -0.2) is 12.0 Å². The van der Waals surface area contributed by atoms with Crippen LogP contribution in [0.25, 0.3) is 11.3 Å². The van der Waals surface area contributed by atoms with E-state index < -0.39 is 0 Å². The van der Waals surface area contributed by atoms with E-state index in [1.165, 1.54) is 12.1 Å². The molecule has 2 aromatic rings. The summed E-state index contributed by atoms with van der Waals surface area (Å²) in [5, 5.41) is 6.25. The average Bonchev–Trinajstić information content (AvgIpc) is 2.80. The Kier molecular flexibility index (Phi) is 3.26. The monoisotopic (exact) mass is 250 g/mol. The van der Waals surface area contributed by atoms with Crippen molar-refractivity contribution in [3.05, 3.63) is 40.5 Å². The highest BCUT2D eigenvalue weighted by atomic mass is 32.1. The highest BCUT2D eigenvalue weighted by Crippen LogP contribution is 2.28. The molecule has 0 amide bonds. The Labute approximate surface area is 105 Å². The first-order valence-corrected chi connectivity index (χ1v) is 6.32. The Morgan fingerprint density at radius 1 is 1.24 bits per heavy atom. The predicted molar refractivity (Wildman–Crippen MR) is 69.6 cm³/mol. The average molecular weight is 250 g/mol. The maximum absolute atomic E-state index is 12.8. The molecule has 2 rings (SSSR count). The molecule has 90 valence electrons. The number of nitrogens with zero attached hydrogens (tertiary/aromatic N) is 1. The molecule has 0 radical (unpaired) electrons. The molecule has 0 aliphatic heterocycles. The minimum absolute atomic E-state index is 0.136. The predicted octanol–water partition coefficient (Wildman–Crippen LogP) is 3.40. The first-order valence-electron chi connectivity index (χ1n) is 5.44. The molecule has 0 unspecified atom stereocenters. The van der Waals surface area contributed by atoms with Crippen molar-refractivity contribution in [2.75, 3.05) is 7.05 Å². The Morgan fingerprint density at radius 2 is 1.88 bits per heavy atom. The molecule has 0 aliphatic carbocycles. The molecular weight excluding hydrogens is 235 g/mol. The van der Waals surface area contributed by atoms with E-state index in [0.717, 1.165) is 16.3 Å². The number of thiazole rings is 1. The number of nitrogens with one attached hydrogen (secondary N) is 1. The first-order chi connectivity index (χ1) is 8.03. The molecule has 0 aliphatic rings. The van der Waals surface area contributed by atoms with Gasteiger partial charge in [0, 0.05) is 10.9 Å². The number of hydrogen-bond acceptors (Lipinski definition) is 3. The van der Waals surface area contributed by atoms with Crippen LogP contribution in [0, 0.1) is 5.82 Å². The van der Waals surface area contributed by atoms with E-state index in [0.29, 0.717) is 0 Å². The van der Waals surface area contributed by atoms with Crippen LogP contribution in [0.15, 0.2) is 29.6 Å². The Morgan fingerprint density at radius 3 is 2.47 bits per heavy atom. The maximum Gasteiger partial charge on any atom is 0.123 e. The largest absolute Gasteiger partial charge is 0.309 e. The smallest absolute Gasteiger partial charge is 0.123 e. The number of rotatable bonds is 3. The highest BCUT2D eigenvalue weighted by Gasteiger charge is 2.21. The van der Waals surface area contributed by atoms with Crippen molar-refractivity contribution in [3.63, 3.8) is 0 Å². The first kappa shape index (κ1) is 12.2. The molecule has 1 heterocycles. The quantitative estimate of drug-likeness (QED) is 0.903. The van der Waals surface area contributed by atoms with E-state index in [4.69, 9.17) is 0 Å². The second kappa shape index (κ2) is 4.55. The van der Waals surface area contributed by atoms with Crippen LogP contribution in [0.4, 0.5) is 4.39 Å². The number of benzene rings is 1. The van der Waals surface area contributed by atoms with Crippen LogP contribution in [-0.2, 0) is 5.54 Å². The Bertz CT molecular complexity index is 502. The summed E-state index contributed by atoms with van der Waals surface area (Å²) in [5.41, 5.74) is 1.71. The maximum atomic E-state index is 12.8. The van der Waals surface area contributed by atoms with Gasteiger partial charge < -0.3 is 5.32 Å². The number of hydrogen-bond donors (Lipinski definition) is 1. The van der Waals surface area contributed by atoms with Crippen molar-refractivity contribution in [2.45, 2.75) is 19.4 Å². The molecule has 4 heteroatoms. The van der Waals surface area contributed by atoms with E-state index in [1.54, 1.807) is 23.5 Å². The molecule has 0 saturated carbocycles. The molecule has 0 atom stereocenters. The Balaban J connectivity index is 2.33. The summed E-state index contributed by atoms with van der Waals surface area (Å²) < 4.78 is 12.8. The summed E-state index contributed by atoms with van der Waals surface area (Å²) in [4.78, 5) is 4.59. The SMILES string of the molecule is CNC(C)(C)c1nc(-c2ccc(F)cc2)cs1. The molecule has 2 nitrogen and oxygen atoms in total. The molecular formula is C13H15FN2S. The summed E-state index contributed by atoms with van der Waals surface area (Å²) in [5.74, 6) is -0.222. The van der Waals surface area contributed by atoms with Crippen LogP contribution >= 0.6 is 11.3 Å². The van der Waals surface area contributed by atoms with Gasteiger partial charge in [-0.1, -0.05) is 0 Å².